The van der Waals surface area contributed by atoms with Gasteiger partial charge in [0.15, 0.2) is 0 Å². The average molecular weight is 488 g/mol. The molecule has 2 aliphatic rings. The van der Waals surface area contributed by atoms with E-state index in [4.69, 9.17) is 0 Å². The first-order chi connectivity index (χ1) is 17.0. The summed E-state index contributed by atoms with van der Waals surface area (Å²) >= 11 is 0. The van der Waals surface area contributed by atoms with E-state index in [1.807, 2.05) is 36.4 Å². The van der Waals surface area contributed by atoms with Gasteiger partial charge in [-0.05, 0) is 60.3 Å². The molecule has 0 aliphatic carbocycles. The molecular weight excluding hydrogens is 458 g/mol. The summed E-state index contributed by atoms with van der Waals surface area (Å²) < 4.78 is 28.4. The molecule has 35 heavy (non-hydrogen) atoms. The van der Waals surface area contributed by atoms with Gasteiger partial charge in [-0.15, -0.1) is 0 Å². The molecule has 0 spiro atoms. The fourth-order valence-corrected chi connectivity index (χ4v) is 7.05. The Balaban J connectivity index is 1.42. The van der Waals surface area contributed by atoms with Crippen molar-refractivity contribution in [1.82, 2.24) is 9.21 Å². The van der Waals surface area contributed by atoms with Crippen LogP contribution in [0.2, 0.25) is 0 Å². The maximum Gasteiger partial charge on any atom is 0.243 e. The lowest BCUT2D eigenvalue weighted by atomic mass is 9.74. The molecule has 7 heteroatoms. The van der Waals surface area contributed by atoms with Gasteiger partial charge in [0.1, 0.15) is 0 Å². The van der Waals surface area contributed by atoms with Crippen molar-refractivity contribution in [2.24, 2.45) is 0 Å². The number of rotatable bonds is 5. The molecule has 0 saturated carbocycles. The average Bonchev–Trinajstić information content (AvgIpc) is 2.88. The van der Waals surface area contributed by atoms with Crippen LogP contribution in [0.5, 0.6) is 0 Å². The van der Waals surface area contributed by atoms with Gasteiger partial charge in [0.25, 0.3) is 0 Å². The molecule has 2 heterocycles. The fourth-order valence-electron chi connectivity index (χ4n) is 5.53. The lowest BCUT2D eigenvalue weighted by Gasteiger charge is -2.57. The van der Waals surface area contributed by atoms with Crippen LogP contribution < -0.4 is 0 Å². The van der Waals surface area contributed by atoms with Gasteiger partial charge in [-0.1, -0.05) is 54.6 Å². The summed E-state index contributed by atoms with van der Waals surface area (Å²) in [5.41, 5.74) is 3.73. The summed E-state index contributed by atoms with van der Waals surface area (Å²) in [5, 5.41) is 19.4. The SMILES string of the molecule is N#Cc1cccc(-c2ccc([C@H]3[C@@H](CO)N4CCCCN(S(=O)(=O)c5ccccc5)C[C@H]34)cc2)c1. The minimum Gasteiger partial charge on any atom is -0.395 e. The Morgan fingerprint density at radius 3 is 2.37 bits per heavy atom. The van der Waals surface area contributed by atoms with Gasteiger partial charge in [0.2, 0.25) is 10.0 Å². The Hall–Kier alpha value is -3.02. The van der Waals surface area contributed by atoms with Crippen molar-refractivity contribution in [1.29, 1.82) is 5.26 Å². The van der Waals surface area contributed by atoms with Gasteiger partial charge < -0.3 is 5.11 Å². The summed E-state index contributed by atoms with van der Waals surface area (Å²) in [7, 11) is -3.59. The number of hydrogen-bond acceptors (Lipinski definition) is 5. The number of nitrogens with zero attached hydrogens (tertiary/aromatic N) is 3. The smallest absolute Gasteiger partial charge is 0.243 e. The van der Waals surface area contributed by atoms with Gasteiger partial charge in [-0.3, -0.25) is 4.90 Å². The molecule has 3 atom stereocenters. The van der Waals surface area contributed by atoms with Gasteiger partial charge >= 0.3 is 0 Å². The largest absolute Gasteiger partial charge is 0.395 e. The molecule has 1 N–H and O–H groups in total. The first-order valence-corrected chi connectivity index (χ1v) is 13.5. The molecule has 0 aromatic heterocycles. The maximum absolute atomic E-state index is 13.4. The molecule has 0 radical (unpaired) electrons. The minimum atomic E-state index is -3.59. The molecule has 6 nitrogen and oxygen atoms in total. The van der Waals surface area contributed by atoms with Crippen molar-refractivity contribution in [3.63, 3.8) is 0 Å². The fraction of sp³-hybridized carbons (Fsp3) is 0.321. The Morgan fingerprint density at radius 1 is 0.914 bits per heavy atom. The Labute approximate surface area is 207 Å². The van der Waals surface area contributed by atoms with Crippen LogP contribution in [0.15, 0.2) is 83.8 Å². The Morgan fingerprint density at radius 2 is 1.66 bits per heavy atom. The zero-order chi connectivity index (χ0) is 24.4. The molecule has 0 amide bonds. The number of sulfonamides is 1. The lowest BCUT2D eigenvalue weighted by molar-refractivity contribution is -0.0553. The second kappa shape index (κ2) is 9.92. The summed E-state index contributed by atoms with van der Waals surface area (Å²) in [6.45, 7) is 1.82. The lowest BCUT2D eigenvalue weighted by Crippen LogP contribution is -2.67. The number of fused-ring (bicyclic) bond motifs is 1. The van der Waals surface area contributed by atoms with E-state index < -0.39 is 10.0 Å². The van der Waals surface area contributed by atoms with Crippen LogP contribution in [0, 0.1) is 11.3 Å². The van der Waals surface area contributed by atoms with Gasteiger partial charge in [0.05, 0.1) is 23.1 Å². The molecule has 0 unspecified atom stereocenters. The van der Waals surface area contributed by atoms with Crippen LogP contribution in [-0.4, -0.2) is 61.1 Å². The van der Waals surface area contributed by atoms with Gasteiger partial charge in [-0.25, -0.2) is 8.42 Å². The van der Waals surface area contributed by atoms with E-state index in [2.05, 4.69) is 23.1 Å². The van der Waals surface area contributed by atoms with E-state index in [0.29, 0.717) is 23.5 Å². The molecular formula is C28H29N3O3S. The second-order valence-corrected chi connectivity index (χ2v) is 11.2. The molecule has 3 aromatic carbocycles. The normalized spacial score (nSPS) is 23.4. The summed E-state index contributed by atoms with van der Waals surface area (Å²) in [5.74, 6) is 0.0473. The number of aliphatic hydroxyl groups excluding tert-OH is 1. The first-order valence-electron chi connectivity index (χ1n) is 12.1. The van der Waals surface area contributed by atoms with Crippen molar-refractivity contribution in [3.8, 4) is 17.2 Å². The zero-order valence-electron chi connectivity index (χ0n) is 19.5. The molecule has 0 bridgehead atoms. The second-order valence-electron chi connectivity index (χ2n) is 9.28. The highest BCUT2D eigenvalue weighted by molar-refractivity contribution is 7.89. The highest BCUT2D eigenvalue weighted by atomic mass is 32.2. The third-order valence-corrected chi connectivity index (χ3v) is 9.21. The van der Waals surface area contributed by atoms with Gasteiger partial charge in [0, 0.05) is 31.1 Å². The standard InChI is InChI=1S/C28H29N3O3S/c29-18-21-7-6-8-24(17-21)22-11-13-23(14-12-22)28-26-19-30(15-4-5-16-31(26)27(28)20-32)35(33,34)25-9-2-1-3-10-25/h1-3,6-14,17,26-28,32H,4-5,15-16,19-20H2/t26-,27-,28-/m1/s1. The predicted octanol–water partition coefficient (Wildman–Crippen LogP) is 3.84. The summed E-state index contributed by atoms with van der Waals surface area (Å²) in [6, 6.07) is 26.6. The minimum absolute atomic E-state index is 0.0127. The predicted molar refractivity (Wildman–Crippen MR) is 135 cm³/mol. The van der Waals surface area contributed by atoms with Crippen molar-refractivity contribution < 1.29 is 13.5 Å². The summed E-state index contributed by atoms with van der Waals surface area (Å²) in [6.07, 6.45) is 1.70. The molecule has 2 aliphatic heterocycles. The van der Waals surface area contributed by atoms with E-state index in [0.717, 1.165) is 36.1 Å². The number of benzene rings is 3. The van der Waals surface area contributed by atoms with Crippen molar-refractivity contribution >= 4 is 10.0 Å². The molecule has 180 valence electrons. The van der Waals surface area contributed by atoms with Crippen molar-refractivity contribution in [2.75, 3.05) is 26.2 Å². The van der Waals surface area contributed by atoms with Crippen molar-refractivity contribution in [2.45, 2.75) is 35.7 Å². The Kier molecular flexibility index (Phi) is 6.72. The Bertz CT molecular complexity index is 1320. The van der Waals surface area contributed by atoms with Crippen LogP contribution >= 0.6 is 0 Å². The third-order valence-electron chi connectivity index (χ3n) is 7.33. The van der Waals surface area contributed by atoms with E-state index in [-0.39, 0.29) is 24.6 Å². The van der Waals surface area contributed by atoms with Crippen molar-refractivity contribution in [3.05, 3.63) is 90.0 Å². The van der Waals surface area contributed by atoms with Crippen LogP contribution in [0.1, 0.15) is 29.9 Å². The molecule has 2 saturated heterocycles. The van der Waals surface area contributed by atoms with E-state index >= 15 is 0 Å². The number of nitriles is 1. The van der Waals surface area contributed by atoms with E-state index in [1.165, 1.54) is 0 Å². The molecule has 3 aromatic rings. The van der Waals surface area contributed by atoms with E-state index in [1.54, 1.807) is 34.6 Å². The maximum atomic E-state index is 13.4. The first kappa shape index (κ1) is 23.7. The number of hydrogen-bond donors (Lipinski definition) is 1. The highest BCUT2D eigenvalue weighted by Gasteiger charge is 2.50. The quantitative estimate of drug-likeness (QED) is 0.591. The van der Waals surface area contributed by atoms with Gasteiger partial charge in [-0.2, -0.15) is 9.57 Å². The third kappa shape index (κ3) is 4.51. The van der Waals surface area contributed by atoms with E-state index in [9.17, 15) is 18.8 Å². The number of aliphatic hydroxyl groups is 1. The summed E-state index contributed by atoms with van der Waals surface area (Å²) in [4.78, 5) is 2.60. The topological polar surface area (TPSA) is 84.6 Å². The van der Waals surface area contributed by atoms with Crippen LogP contribution in [-0.2, 0) is 10.0 Å². The van der Waals surface area contributed by atoms with Crippen LogP contribution in [0.4, 0.5) is 0 Å². The van der Waals surface area contributed by atoms with Crippen LogP contribution in [0.3, 0.4) is 0 Å². The highest BCUT2D eigenvalue weighted by Crippen LogP contribution is 2.43. The zero-order valence-corrected chi connectivity index (χ0v) is 20.3. The monoisotopic (exact) mass is 487 g/mol. The van der Waals surface area contributed by atoms with Crippen LogP contribution in [0.25, 0.3) is 11.1 Å². The molecule has 2 fully saturated rings. The molecule has 5 rings (SSSR count).